The van der Waals surface area contributed by atoms with E-state index in [2.05, 4.69) is 9.97 Å². The van der Waals surface area contributed by atoms with Crippen molar-refractivity contribution < 1.29 is 9.53 Å². The third-order valence-electron chi connectivity index (χ3n) is 3.71. The molecule has 1 aliphatic rings. The number of piperazine rings is 1. The average Bonchev–Trinajstić information content (AvgIpc) is 2.46. The summed E-state index contributed by atoms with van der Waals surface area (Å²) in [6.45, 7) is 10.6. The van der Waals surface area contributed by atoms with Crippen molar-refractivity contribution in [2.24, 2.45) is 0 Å². The van der Waals surface area contributed by atoms with Crippen LogP contribution in [0.15, 0.2) is 6.07 Å². The van der Waals surface area contributed by atoms with Crippen LogP contribution in [0.3, 0.4) is 0 Å². The van der Waals surface area contributed by atoms with Crippen molar-refractivity contribution >= 4 is 23.5 Å². The van der Waals surface area contributed by atoms with Crippen LogP contribution in [0.2, 0.25) is 5.28 Å². The third-order valence-corrected chi connectivity index (χ3v) is 3.88. The number of hydrogen-bond acceptors (Lipinski definition) is 6. The van der Waals surface area contributed by atoms with E-state index in [0.29, 0.717) is 18.9 Å². The Morgan fingerprint density at radius 3 is 2.58 bits per heavy atom. The van der Waals surface area contributed by atoms with Crippen LogP contribution in [0.4, 0.5) is 10.6 Å². The van der Waals surface area contributed by atoms with Crippen LogP contribution in [0.25, 0.3) is 0 Å². The molecule has 2 rings (SSSR count). The molecule has 1 saturated heterocycles. The number of halogens is 1. The SMILES string of the molecule is C[C@@H]1CN(c2cc(C#N)nc(Cl)n2)[C@@H](C)CN1C(=O)OC(C)(C)C. The average molecular weight is 352 g/mol. The van der Waals surface area contributed by atoms with Gasteiger partial charge in [-0.3, -0.25) is 0 Å². The maximum atomic E-state index is 12.4. The van der Waals surface area contributed by atoms with Crippen LogP contribution in [0, 0.1) is 11.3 Å². The minimum atomic E-state index is -0.529. The normalized spacial score (nSPS) is 21.4. The fraction of sp³-hybridized carbons (Fsp3) is 0.625. The van der Waals surface area contributed by atoms with Gasteiger partial charge in [0, 0.05) is 31.2 Å². The molecule has 2 atom stereocenters. The van der Waals surface area contributed by atoms with Gasteiger partial charge in [-0.1, -0.05) is 0 Å². The first-order valence-electron chi connectivity index (χ1n) is 7.81. The summed E-state index contributed by atoms with van der Waals surface area (Å²) in [4.78, 5) is 24.2. The highest BCUT2D eigenvalue weighted by Gasteiger charge is 2.35. The highest BCUT2D eigenvalue weighted by molar-refractivity contribution is 6.28. The number of anilines is 1. The molecule has 0 spiro atoms. The summed E-state index contributed by atoms with van der Waals surface area (Å²) in [5.41, 5.74) is -0.307. The highest BCUT2D eigenvalue weighted by Crippen LogP contribution is 2.24. The van der Waals surface area contributed by atoms with Gasteiger partial charge >= 0.3 is 6.09 Å². The summed E-state index contributed by atoms with van der Waals surface area (Å²) in [5, 5.41) is 9.08. The Morgan fingerprint density at radius 2 is 2.00 bits per heavy atom. The quantitative estimate of drug-likeness (QED) is 0.723. The van der Waals surface area contributed by atoms with Crippen molar-refractivity contribution in [1.29, 1.82) is 5.26 Å². The van der Waals surface area contributed by atoms with E-state index in [1.54, 1.807) is 11.0 Å². The highest BCUT2D eigenvalue weighted by atomic mass is 35.5. The molecule has 0 aromatic carbocycles. The number of amides is 1. The van der Waals surface area contributed by atoms with Gasteiger partial charge in [0.1, 0.15) is 23.2 Å². The molecule has 1 aromatic rings. The van der Waals surface area contributed by atoms with E-state index in [1.165, 1.54) is 0 Å². The van der Waals surface area contributed by atoms with E-state index in [4.69, 9.17) is 21.6 Å². The smallest absolute Gasteiger partial charge is 0.410 e. The second-order valence-corrected chi connectivity index (χ2v) is 7.31. The third kappa shape index (κ3) is 4.26. The Hall–Kier alpha value is -2.07. The lowest BCUT2D eigenvalue weighted by Crippen LogP contribution is -2.59. The molecule has 1 aromatic heterocycles. The Morgan fingerprint density at radius 1 is 1.33 bits per heavy atom. The van der Waals surface area contributed by atoms with Crippen molar-refractivity contribution in [3.05, 3.63) is 17.0 Å². The lowest BCUT2D eigenvalue weighted by Gasteiger charge is -2.44. The number of ether oxygens (including phenoxy) is 1. The minimum Gasteiger partial charge on any atom is -0.444 e. The first-order valence-corrected chi connectivity index (χ1v) is 8.19. The fourth-order valence-corrected chi connectivity index (χ4v) is 2.81. The van der Waals surface area contributed by atoms with Crippen LogP contribution < -0.4 is 4.90 Å². The predicted molar refractivity (Wildman–Crippen MR) is 91.0 cm³/mol. The number of aromatic nitrogens is 2. The summed E-state index contributed by atoms with van der Waals surface area (Å²) >= 11 is 5.90. The van der Waals surface area contributed by atoms with E-state index in [9.17, 15) is 4.79 Å². The van der Waals surface area contributed by atoms with Crippen molar-refractivity contribution in [1.82, 2.24) is 14.9 Å². The van der Waals surface area contributed by atoms with Crippen LogP contribution in [-0.4, -0.2) is 51.7 Å². The minimum absolute atomic E-state index is 0.00577. The maximum Gasteiger partial charge on any atom is 0.410 e. The van der Waals surface area contributed by atoms with E-state index >= 15 is 0 Å². The monoisotopic (exact) mass is 351 g/mol. The van der Waals surface area contributed by atoms with Crippen molar-refractivity contribution in [2.75, 3.05) is 18.0 Å². The second-order valence-electron chi connectivity index (χ2n) is 6.98. The standard InChI is InChI=1S/C16H22ClN5O2/c1-10-9-22(15(23)24-16(3,4)5)11(2)8-21(10)13-6-12(7-18)19-14(17)20-13/h6,10-11H,8-9H2,1-5H3/t10-,11+/m0/s1. The first kappa shape index (κ1) is 18.3. The predicted octanol–water partition coefficient (Wildman–Crippen LogP) is 2.84. The van der Waals surface area contributed by atoms with Gasteiger partial charge in [0.05, 0.1) is 0 Å². The lowest BCUT2D eigenvalue weighted by atomic mass is 10.1. The molecule has 0 radical (unpaired) electrons. The summed E-state index contributed by atoms with van der Waals surface area (Å²) in [6.07, 6.45) is -0.320. The second kappa shape index (κ2) is 6.81. The zero-order chi connectivity index (χ0) is 18.1. The molecular formula is C16H22ClN5O2. The zero-order valence-corrected chi connectivity index (χ0v) is 15.3. The Bertz CT molecular complexity index is 667. The molecule has 2 heterocycles. The number of carbonyl (C=O) groups excluding carboxylic acids is 1. The topological polar surface area (TPSA) is 82.4 Å². The van der Waals surface area contributed by atoms with Gasteiger partial charge in [-0.05, 0) is 46.2 Å². The van der Waals surface area contributed by atoms with Gasteiger partial charge in [0.15, 0.2) is 0 Å². The molecule has 1 fully saturated rings. The van der Waals surface area contributed by atoms with E-state index < -0.39 is 5.60 Å². The molecule has 0 aliphatic carbocycles. The molecule has 0 N–H and O–H groups in total. The largest absolute Gasteiger partial charge is 0.444 e. The van der Waals surface area contributed by atoms with Gasteiger partial charge in [-0.2, -0.15) is 5.26 Å². The number of rotatable bonds is 1. The van der Waals surface area contributed by atoms with Gasteiger partial charge in [-0.15, -0.1) is 0 Å². The fourth-order valence-electron chi connectivity index (χ4n) is 2.63. The number of hydrogen-bond donors (Lipinski definition) is 0. The Kier molecular flexibility index (Phi) is 5.19. The lowest BCUT2D eigenvalue weighted by molar-refractivity contribution is 0.0130. The van der Waals surface area contributed by atoms with Gasteiger partial charge in [0.2, 0.25) is 5.28 Å². The van der Waals surface area contributed by atoms with Crippen molar-refractivity contribution in [2.45, 2.75) is 52.3 Å². The molecule has 8 heteroatoms. The Balaban J connectivity index is 2.18. The molecule has 0 unspecified atom stereocenters. The summed E-state index contributed by atoms with van der Waals surface area (Å²) < 4.78 is 5.47. The van der Waals surface area contributed by atoms with Gasteiger partial charge in [0.25, 0.3) is 0 Å². The van der Waals surface area contributed by atoms with Crippen molar-refractivity contribution in [3.63, 3.8) is 0 Å². The van der Waals surface area contributed by atoms with E-state index in [0.717, 1.165) is 0 Å². The van der Waals surface area contributed by atoms with Gasteiger partial charge < -0.3 is 14.5 Å². The maximum absolute atomic E-state index is 12.4. The molecule has 130 valence electrons. The zero-order valence-electron chi connectivity index (χ0n) is 14.6. The van der Waals surface area contributed by atoms with E-state index in [1.807, 2.05) is 45.6 Å². The molecule has 0 bridgehead atoms. The van der Waals surface area contributed by atoms with Gasteiger partial charge in [-0.25, -0.2) is 14.8 Å². The summed E-state index contributed by atoms with van der Waals surface area (Å²) in [6, 6.07) is 3.53. The molecule has 7 nitrogen and oxygen atoms in total. The first-order chi connectivity index (χ1) is 11.1. The number of carbonyl (C=O) groups is 1. The van der Waals surface area contributed by atoms with Crippen molar-refractivity contribution in [3.8, 4) is 6.07 Å². The molecule has 1 aliphatic heterocycles. The summed E-state index contributed by atoms with van der Waals surface area (Å²) in [7, 11) is 0. The van der Waals surface area contributed by atoms with Crippen LogP contribution in [0.1, 0.15) is 40.3 Å². The number of nitrogens with zero attached hydrogens (tertiary/aromatic N) is 5. The van der Waals surface area contributed by atoms with E-state index in [-0.39, 0.29) is 29.2 Å². The molecular weight excluding hydrogens is 330 g/mol. The Labute approximate surface area is 147 Å². The van der Waals surface area contributed by atoms with Crippen LogP contribution in [0.5, 0.6) is 0 Å². The molecule has 0 saturated carbocycles. The molecule has 24 heavy (non-hydrogen) atoms. The van der Waals surface area contributed by atoms with Crippen LogP contribution in [-0.2, 0) is 4.74 Å². The van der Waals surface area contributed by atoms with Crippen LogP contribution >= 0.6 is 11.6 Å². The number of nitriles is 1. The summed E-state index contributed by atoms with van der Waals surface area (Å²) in [5.74, 6) is 0.592. The molecule has 1 amide bonds.